The van der Waals surface area contributed by atoms with Crippen LogP contribution in [0.5, 0.6) is 17.2 Å². The standard InChI is InChI=1S/C21H36O3/c1-19(2,3)13-22-16-10-17(23-14-20(4,5)6)12-18(11-16)24-15-21(7,8)9/h10-12H,13-15H2,1-9H3. The zero-order valence-corrected chi connectivity index (χ0v) is 17.1. The molecule has 0 fully saturated rings. The fourth-order valence-corrected chi connectivity index (χ4v) is 1.70. The van der Waals surface area contributed by atoms with E-state index in [2.05, 4.69) is 62.3 Å². The van der Waals surface area contributed by atoms with Crippen LogP contribution in [-0.4, -0.2) is 19.8 Å². The molecule has 0 heterocycles. The lowest BCUT2D eigenvalue weighted by molar-refractivity contribution is 0.179. The maximum absolute atomic E-state index is 5.96. The van der Waals surface area contributed by atoms with Crippen molar-refractivity contribution < 1.29 is 14.2 Å². The van der Waals surface area contributed by atoms with E-state index in [0.717, 1.165) is 17.2 Å². The topological polar surface area (TPSA) is 27.7 Å². The molecule has 3 nitrogen and oxygen atoms in total. The van der Waals surface area contributed by atoms with Gasteiger partial charge in [-0.2, -0.15) is 0 Å². The Morgan fingerprint density at radius 3 is 0.875 bits per heavy atom. The molecular formula is C21H36O3. The van der Waals surface area contributed by atoms with Gasteiger partial charge in [0.1, 0.15) is 17.2 Å². The summed E-state index contributed by atoms with van der Waals surface area (Å²) in [5, 5.41) is 0. The van der Waals surface area contributed by atoms with E-state index in [1.165, 1.54) is 0 Å². The highest BCUT2D eigenvalue weighted by atomic mass is 16.5. The second-order valence-electron chi connectivity index (χ2n) is 10.2. The summed E-state index contributed by atoms with van der Waals surface area (Å²) in [4.78, 5) is 0. The molecule has 0 saturated heterocycles. The molecule has 24 heavy (non-hydrogen) atoms. The Hall–Kier alpha value is -1.38. The summed E-state index contributed by atoms with van der Waals surface area (Å²) in [5.74, 6) is 2.38. The Morgan fingerprint density at radius 1 is 0.500 bits per heavy atom. The van der Waals surface area contributed by atoms with Gasteiger partial charge in [0.25, 0.3) is 0 Å². The highest BCUT2D eigenvalue weighted by Gasteiger charge is 2.16. The van der Waals surface area contributed by atoms with Crippen LogP contribution in [0.3, 0.4) is 0 Å². The van der Waals surface area contributed by atoms with Gasteiger partial charge in [0.2, 0.25) is 0 Å². The largest absolute Gasteiger partial charge is 0.493 e. The molecule has 138 valence electrons. The third-order valence-electron chi connectivity index (χ3n) is 2.87. The van der Waals surface area contributed by atoms with E-state index < -0.39 is 0 Å². The van der Waals surface area contributed by atoms with Crippen LogP contribution < -0.4 is 14.2 Å². The van der Waals surface area contributed by atoms with Crippen molar-refractivity contribution in [1.82, 2.24) is 0 Å². The molecule has 0 N–H and O–H groups in total. The molecule has 3 heteroatoms. The summed E-state index contributed by atoms with van der Waals surface area (Å²) < 4.78 is 17.9. The number of rotatable bonds is 6. The van der Waals surface area contributed by atoms with Gasteiger partial charge in [-0.3, -0.25) is 0 Å². The molecule has 1 aromatic carbocycles. The Balaban J connectivity index is 2.91. The van der Waals surface area contributed by atoms with Gasteiger partial charge in [-0.1, -0.05) is 62.3 Å². The Bertz CT molecular complexity index is 425. The molecule has 0 aliphatic heterocycles. The summed E-state index contributed by atoms with van der Waals surface area (Å²) in [7, 11) is 0. The third-order valence-corrected chi connectivity index (χ3v) is 2.87. The van der Waals surface area contributed by atoms with E-state index in [0.29, 0.717) is 19.8 Å². The first-order valence-electron chi connectivity index (χ1n) is 8.77. The Kier molecular flexibility index (Phi) is 6.60. The first kappa shape index (κ1) is 20.7. The van der Waals surface area contributed by atoms with Crippen molar-refractivity contribution in [2.75, 3.05) is 19.8 Å². The second-order valence-corrected chi connectivity index (χ2v) is 10.2. The lowest BCUT2D eigenvalue weighted by Gasteiger charge is -2.23. The average molecular weight is 337 g/mol. The molecule has 0 radical (unpaired) electrons. The summed E-state index contributed by atoms with van der Waals surface area (Å²) in [6.45, 7) is 21.4. The van der Waals surface area contributed by atoms with Crippen LogP contribution in [0.4, 0.5) is 0 Å². The van der Waals surface area contributed by atoms with Crippen LogP contribution in [0.2, 0.25) is 0 Å². The fraction of sp³-hybridized carbons (Fsp3) is 0.714. The maximum atomic E-state index is 5.96. The molecule has 0 saturated carbocycles. The molecule has 1 aromatic rings. The SMILES string of the molecule is CC(C)(C)COc1cc(OCC(C)(C)C)cc(OCC(C)(C)C)c1. The second kappa shape index (κ2) is 7.67. The molecule has 0 unspecified atom stereocenters. The number of benzene rings is 1. The summed E-state index contributed by atoms with van der Waals surface area (Å²) in [6, 6.07) is 5.84. The normalized spacial score (nSPS) is 12.9. The van der Waals surface area contributed by atoms with Gasteiger partial charge >= 0.3 is 0 Å². The van der Waals surface area contributed by atoms with E-state index in [1.807, 2.05) is 18.2 Å². The van der Waals surface area contributed by atoms with E-state index in [-0.39, 0.29) is 16.2 Å². The molecule has 0 atom stereocenters. The highest BCUT2D eigenvalue weighted by molar-refractivity contribution is 5.42. The molecule has 0 spiro atoms. The van der Waals surface area contributed by atoms with Gasteiger partial charge in [0.15, 0.2) is 0 Å². The fourth-order valence-electron chi connectivity index (χ4n) is 1.70. The molecule has 0 aliphatic rings. The Labute approximate surface area is 148 Å². The zero-order valence-electron chi connectivity index (χ0n) is 17.1. The van der Waals surface area contributed by atoms with Gasteiger partial charge < -0.3 is 14.2 Å². The number of hydrogen-bond donors (Lipinski definition) is 0. The smallest absolute Gasteiger partial charge is 0.126 e. The quantitative estimate of drug-likeness (QED) is 0.641. The lowest BCUT2D eigenvalue weighted by atomic mass is 9.98. The number of ether oxygens (including phenoxy) is 3. The van der Waals surface area contributed by atoms with Gasteiger partial charge in [-0.05, 0) is 16.2 Å². The minimum atomic E-state index is 0.106. The van der Waals surface area contributed by atoms with Gasteiger partial charge in [-0.15, -0.1) is 0 Å². The average Bonchev–Trinajstić information content (AvgIpc) is 2.38. The van der Waals surface area contributed by atoms with Gasteiger partial charge in [-0.25, -0.2) is 0 Å². The van der Waals surface area contributed by atoms with Crippen LogP contribution >= 0.6 is 0 Å². The van der Waals surface area contributed by atoms with E-state index in [1.54, 1.807) is 0 Å². The van der Waals surface area contributed by atoms with Crippen LogP contribution in [0, 0.1) is 16.2 Å². The van der Waals surface area contributed by atoms with Crippen LogP contribution in [0.15, 0.2) is 18.2 Å². The van der Waals surface area contributed by atoms with Crippen LogP contribution in [0.25, 0.3) is 0 Å². The van der Waals surface area contributed by atoms with Gasteiger partial charge in [0, 0.05) is 18.2 Å². The van der Waals surface area contributed by atoms with E-state index in [4.69, 9.17) is 14.2 Å². The number of hydrogen-bond acceptors (Lipinski definition) is 3. The van der Waals surface area contributed by atoms with Crippen molar-refractivity contribution in [3.05, 3.63) is 18.2 Å². The highest BCUT2D eigenvalue weighted by Crippen LogP contribution is 2.31. The third kappa shape index (κ3) is 9.69. The zero-order chi connectivity index (χ0) is 18.6. The molecule has 0 bridgehead atoms. The van der Waals surface area contributed by atoms with Crippen LogP contribution in [-0.2, 0) is 0 Å². The molecule has 0 aromatic heterocycles. The van der Waals surface area contributed by atoms with Crippen LogP contribution in [0.1, 0.15) is 62.3 Å². The predicted octanol–water partition coefficient (Wildman–Crippen LogP) is 5.96. The first-order valence-corrected chi connectivity index (χ1v) is 8.77. The van der Waals surface area contributed by atoms with Crippen molar-refractivity contribution >= 4 is 0 Å². The van der Waals surface area contributed by atoms with Crippen molar-refractivity contribution in [3.8, 4) is 17.2 Å². The minimum Gasteiger partial charge on any atom is -0.493 e. The van der Waals surface area contributed by atoms with E-state index >= 15 is 0 Å². The molecule has 0 amide bonds. The molecular weight excluding hydrogens is 300 g/mol. The first-order chi connectivity index (χ1) is 10.7. The Morgan fingerprint density at radius 2 is 0.708 bits per heavy atom. The van der Waals surface area contributed by atoms with Crippen molar-refractivity contribution in [1.29, 1.82) is 0 Å². The summed E-state index contributed by atoms with van der Waals surface area (Å²) in [5.41, 5.74) is 0.318. The summed E-state index contributed by atoms with van der Waals surface area (Å²) >= 11 is 0. The van der Waals surface area contributed by atoms with Crippen molar-refractivity contribution in [2.45, 2.75) is 62.3 Å². The maximum Gasteiger partial charge on any atom is 0.126 e. The summed E-state index contributed by atoms with van der Waals surface area (Å²) in [6.07, 6.45) is 0. The van der Waals surface area contributed by atoms with E-state index in [9.17, 15) is 0 Å². The predicted molar refractivity (Wildman–Crippen MR) is 101 cm³/mol. The van der Waals surface area contributed by atoms with Gasteiger partial charge in [0.05, 0.1) is 19.8 Å². The molecule has 0 aliphatic carbocycles. The van der Waals surface area contributed by atoms with Crippen molar-refractivity contribution in [2.24, 2.45) is 16.2 Å². The van der Waals surface area contributed by atoms with Crippen molar-refractivity contribution in [3.63, 3.8) is 0 Å². The lowest BCUT2D eigenvalue weighted by Crippen LogP contribution is -2.19. The molecule has 1 rings (SSSR count). The minimum absolute atomic E-state index is 0.106. The monoisotopic (exact) mass is 336 g/mol.